The largest absolute Gasteiger partial charge is 0.442 e. The maximum atomic E-state index is 11.2. The van der Waals surface area contributed by atoms with E-state index in [0.29, 0.717) is 6.54 Å². The molecule has 1 aromatic rings. The van der Waals surface area contributed by atoms with Crippen LogP contribution in [0.5, 0.6) is 0 Å². The summed E-state index contributed by atoms with van der Waals surface area (Å²) in [5.74, 6) is -0.139. The first-order valence-electron chi connectivity index (χ1n) is 5.43. The van der Waals surface area contributed by atoms with Crippen molar-refractivity contribution in [2.75, 3.05) is 6.54 Å². The molecule has 1 heterocycles. The summed E-state index contributed by atoms with van der Waals surface area (Å²) in [7, 11) is 0. The molecular weight excluding hydrogens is 220 g/mol. The van der Waals surface area contributed by atoms with Gasteiger partial charge in [0.1, 0.15) is 6.10 Å². The lowest BCUT2D eigenvalue weighted by Gasteiger charge is -2.17. The van der Waals surface area contributed by atoms with Crippen LogP contribution in [0, 0.1) is 0 Å². The van der Waals surface area contributed by atoms with Gasteiger partial charge in [0.05, 0.1) is 12.6 Å². The summed E-state index contributed by atoms with van der Waals surface area (Å²) in [4.78, 5) is 22.1. The molecule has 0 spiro atoms. The van der Waals surface area contributed by atoms with Crippen molar-refractivity contribution in [3.05, 3.63) is 35.9 Å². The van der Waals surface area contributed by atoms with Crippen molar-refractivity contribution in [2.24, 2.45) is 0 Å². The van der Waals surface area contributed by atoms with Crippen LogP contribution in [-0.4, -0.2) is 24.6 Å². The van der Waals surface area contributed by atoms with E-state index in [2.05, 4.69) is 10.6 Å². The summed E-state index contributed by atoms with van der Waals surface area (Å²) in [6.07, 6.45) is -0.817. The number of ether oxygens (including phenoxy) is 1. The van der Waals surface area contributed by atoms with E-state index >= 15 is 0 Å². The zero-order valence-electron chi connectivity index (χ0n) is 9.47. The van der Waals surface area contributed by atoms with Gasteiger partial charge in [0, 0.05) is 6.92 Å². The first-order valence-corrected chi connectivity index (χ1v) is 5.43. The van der Waals surface area contributed by atoms with Gasteiger partial charge in [-0.15, -0.1) is 0 Å². The van der Waals surface area contributed by atoms with Crippen LogP contribution < -0.4 is 10.6 Å². The average molecular weight is 234 g/mol. The van der Waals surface area contributed by atoms with Crippen molar-refractivity contribution in [3.63, 3.8) is 0 Å². The predicted octanol–water partition coefficient (Wildman–Crippen LogP) is 0.972. The van der Waals surface area contributed by atoms with Crippen molar-refractivity contribution >= 4 is 12.0 Å². The minimum Gasteiger partial charge on any atom is -0.442 e. The lowest BCUT2D eigenvalue weighted by Crippen LogP contribution is -2.34. The third-order valence-corrected chi connectivity index (χ3v) is 2.61. The third-order valence-electron chi connectivity index (χ3n) is 2.61. The second kappa shape index (κ2) is 4.86. The zero-order valence-corrected chi connectivity index (χ0v) is 9.47. The van der Waals surface area contributed by atoms with Gasteiger partial charge in [-0.25, -0.2) is 4.79 Å². The van der Waals surface area contributed by atoms with Gasteiger partial charge in [-0.05, 0) is 5.56 Å². The molecule has 2 unspecified atom stereocenters. The quantitative estimate of drug-likeness (QED) is 0.819. The van der Waals surface area contributed by atoms with Gasteiger partial charge in [0.2, 0.25) is 5.91 Å². The van der Waals surface area contributed by atoms with Crippen LogP contribution in [0.1, 0.15) is 18.5 Å². The minimum absolute atomic E-state index is 0.139. The van der Waals surface area contributed by atoms with Crippen molar-refractivity contribution < 1.29 is 14.3 Å². The van der Waals surface area contributed by atoms with Gasteiger partial charge in [0.25, 0.3) is 0 Å². The molecule has 1 aliphatic heterocycles. The molecule has 17 heavy (non-hydrogen) atoms. The Kier molecular flexibility index (Phi) is 3.27. The van der Waals surface area contributed by atoms with Crippen LogP contribution in [0.2, 0.25) is 0 Å². The van der Waals surface area contributed by atoms with E-state index in [9.17, 15) is 9.59 Å². The fourth-order valence-electron chi connectivity index (χ4n) is 1.82. The SMILES string of the molecule is CC(=O)NCC1OC(=O)NC1c1ccccc1. The second-order valence-electron chi connectivity index (χ2n) is 3.91. The Morgan fingerprint density at radius 3 is 2.76 bits per heavy atom. The van der Waals surface area contributed by atoms with Gasteiger partial charge < -0.3 is 15.4 Å². The molecule has 0 aliphatic carbocycles. The van der Waals surface area contributed by atoms with Crippen LogP contribution in [0.3, 0.4) is 0 Å². The maximum Gasteiger partial charge on any atom is 0.408 e. The second-order valence-corrected chi connectivity index (χ2v) is 3.91. The molecule has 1 saturated heterocycles. The summed E-state index contributed by atoms with van der Waals surface area (Å²) in [6.45, 7) is 1.75. The summed E-state index contributed by atoms with van der Waals surface area (Å²) in [6, 6.07) is 9.32. The van der Waals surface area contributed by atoms with Crippen LogP contribution in [0.4, 0.5) is 4.79 Å². The fraction of sp³-hybridized carbons (Fsp3) is 0.333. The fourth-order valence-corrected chi connectivity index (χ4v) is 1.82. The van der Waals surface area contributed by atoms with Gasteiger partial charge in [-0.2, -0.15) is 0 Å². The molecule has 1 aromatic carbocycles. The molecule has 5 nitrogen and oxygen atoms in total. The molecule has 2 N–H and O–H groups in total. The first kappa shape index (κ1) is 11.4. The number of carbonyl (C=O) groups is 2. The highest BCUT2D eigenvalue weighted by Crippen LogP contribution is 2.23. The number of rotatable bonds is 3. The molecule has 0 bridgehead atoms. The summed E-state index contributed by atoms with van der Waals surface area (Å²) < 4.78 is 5.11. The highest BCUT2D eigenvalue weighted by molar-refractivity contribution is 5.73. The van der Waals surface area contributed by atoms with E-state index in [1.54, 1.807) is 0 Å². The van der Waals surface area contributed by atoms with Gasteiger partial charge in [-0.3, -0.25) is 4.79 Å². The van der Waals surface area contributed by atoms with Crippen molar-refractivity contribution in [2.45, 2.75) is 19.1 Å². The standard InChI is InChI=1S/C12H14N2O3/c1-8(15)13-7-10-11(14-12(16)17-10)9-5-3-2-4-6-9/h2-6,10-11H,7H2,1H3,(H,13,15)(H,14,16). The molecule has 90 valence electrons. The van der Waals surface area contributed by atoms with E-state index in [-0.39, 0.29) is 18.1 Å². The summed E-state index contributed by atoms with van der Waals surface area (Å²) >= 11 is 0. The van der Waals surface area contributed by atoms with Crippen molar-refractivity contribution in [1.29, 1.82) is 0 Å². The Labute approximate surface area is 99.2 Å². The normalized spacial score (nSPS) is 22.8. The Morgan fingerprint density at radius 1 is 1.41 bits per heavy atom. The number of nitrogens with one attached hydrogen (secondary N) is 2. The predicted molar refractivity (Wildman–Crippen MR) is 61.3 cm³/mol. The van der Waals surface area contributed by atoms with E-state index in [0.717, 1.165) is 5.56 Å². The molecule has 5 heteroatoms. The Balaban J connectivity index is 2.09. The van der Waals surface area contributed by atoms with Crippen LogP contribution >= 0.6 is 0 Å². The highest BCUT2D eigenvalue weighted by atomic mass is 16.6. The molecule has 1 fully saturated rings. The average Bonchev–Trinajstić information content (AvgIpc) is 2.69. The Bertz CT molecular complexity index is 419. The molecule has 2 rings (SSSR count). The lowest BCUT2D eigenvalue weighted by molar-refractivity contribution is -0.119. The number of benzene rings is 1. The molecule has 0 radical (unpaired) electrons. The van der Waals surface area contributed by atoms with Crippen LogP contribution in [0.15, 0.2) is 30.3 Å². The van der Waals surface area contributed by atoms with Crippen molar-refractivity contribution in [1.82, 2.24) is 10.6 Å². The first-order chi connectivity index (χ1) is 8.16. The summed E-state index contributed by atoms with van der Waals surface area (Å²) in [5.41, 5.74) is 0.966. The van der Waals surface area contributed by atoms with Crippen LogP contribution in [-0.2, 0) is 9.53 Å². The molecule has 0 aromatic heterocycles. The smallest absolute Gasteiger partial charge is 0.408 e. The number of carbonyl (C=O) groups excluding carboxylic acids is 2. The lowest BCUT2D eigenvalue weighted by atomic mass is 10.0. The minimum atomic E-state index is -0.450. The number of hydrogen-bond acceptors (Lipinski definition) is 3. The number of cyclic esters (lactones) is 1. The molecule has 2 atom stereocenters. The highest BCUT2D eigenvalue weighted by Gasteiger charge is 2.34. The number of hydrogen-bond donors (Lipinski definition) is 2. The van der Waals surface area contributed by atoms with Gasteiger partial charge >= 0.3 is 6.09 Å². The van der Waals surface area contributed by atoms with E-state index < -0.39 is 6.09 Å². The molecule has 0 saturated carbocycles. The van der Waals surface area contributed by atoms with Gasteiger partial charge in [-0.1, -0.05) is 30.3 Å². The van der Waals surface area contributed by atoms with E-state index in [4.69, 9.17) is 4.74 Å². The molecular formula is C12H14N2O3. The topological polar surface area (TPSA) is 67.4 Å². The summed E-state index contributed by atoms with van der Waals surface area (Å²) in [5, 5.41) is 5.38. The maximum absolute atomic E-state index is 11.2. The van der Waals surface area contributed by atoms with Crippen molar-refractivity contribution in [3.8, 4) is 0 Å². The van der Waals surface area contributed by atoms with Gasteiger partial charge in [0.15, 0.2) is 0 Å². The number of alkyl carbamates (subject to hydrolysis) is 1. The van der Waals surface area contributed by atoms with E-state index in [1.165, 1.54) is 6.92 Å². The third kappa shape index (κ3) is 2.75. The monoisotopic (exact) mass is 234 g/mol. The number of amides is 2. The Morgan fingerprint density at radius 2 is 2.12 bits per heavy atom. The molecule has 2 amide bonds. The van der Waals surface area contributed by atoms with Crippen LogP contribution in [0.25, 0.3) is 0 Å². The molecule has 1 aliphatic rings. The van der Waals surface area contributed by atoms with E-state index in [1.807, 2.05) is 30.3 Å². The Hall–Kier alpha value is -2.04. The zero-order chi connectivity index (χ0) is 12.3.